The maximum absolute atomic E-state index is 10.4. The average Bonchev–Trinajstić information content (AvgIpc) is 2.16. The Morgan fingerprint density at radius 2 is 0.867 bits per heavy atom. The van der Waals surface area contributed by atoms with Crippen molar-refractivity contribution in [1.82, 2.24) is 0 Å². The van der Waals surface area contributed by atoms with Crippen LogP contribution in [0.3, 0.4) is 0 Å². The highest BCUT2D eigenvalue weighted by Gasteiger charge is 2.52. The molecule has 3 N–H and O–H groups in total. The molecule has 1 saturated heterocycles. The highest BCUT2D eigenvalue weighted by molar-refractivity contribution is 7.01. The highest BCUT2D eigenvalue weighted by Crippen LogP contribution is 2.10. The van der Waals surface area contributed by atoms with E-state index in [-0.39, 0.29) is 0 Å². The zero-order valence-corrected chi connectivity index (χ0v) is 7.02. The van der Waals surface area contributed by atoms with Crippen molar-refractivity contribution in [1.29, 1.82) is 0 Å². The molecule has 1 rings (SSSR count). The van der Waals surface area contributed by atoms with Gasteiger partial charge in [-0.15, -0.1) is 0 Å². The van der Waals surface area contributed by atoms with Crippen molar-refractivity contribution in [3.63, 3.8) is 0 Å². The standard InChI is InChI=1S/C3H3B3O9/c7-1(8)4-13-5(2(9)10)15-6(14-4)3(11)12/h(H,7,8)(H,9,10)(H,11,12). The van der Waals surface area contributed by atoms with Gasteiger partial charge in [-0.1, -0.05) is 0 Å². The van der Waals surface area contributed by atoms with Gasteiger partial charge in [-0.2, -0.15) is 0 Å². The predicted octanol–water partition coefficient (Wildman–Crippen LogP) is -0.706. The Balaban J connectivity index is 2.77. The van der Waals surface area contributed by atoms with E-state index in [9.17, 15) is 14.4 Å². The molecule has 1 aliphatic rings. The smallest absolute Gasteiger partial charge is 0.484 e. The fourth-order valence-corrected chi connectivity index (χ4v) is 0.782. The fraction of sp³-hybridized carbons (Fsp3) is 0. The van der Waals surface area contributed by atoms with Crippen molar-refractivity contribution < 1.29 is 43.4 Å². The van der Waals surface area contributed by atoms with E-state index in [1.54, 1.807) is 0 Å². The van der Waals surface area contributed by atoms with Crippen molar-refractivity contribution >= 4 is 39.0 Å². The van der Waals surface area contributed by atoms with E-state index in [0.29, 0.717) is 0 Å². The Morgan fingerprint density at radius 1 is 0.667 bits per heavy atom. The summed E-state index contributed by atoms with van der Waals surface area (Å²) < 4.78 is 12.8. The summed E-state index contributed by atoms with van der Waals surface area (Å²) in [6.45, 7) is 0. The third kappa shape index (κ3) is 2.71. The van der Waals surface area contributed by atoms with Crippen LogP contribution in [-0.2, 0) is 13.7 Å². The fourth-order valence-electron chi connectivity index (χ4n) is 0.782. The first-order valence-electron chi connectivity index (χ1n) is 3.56. The molecule has 1 aliphatic heterocycles. The molecular weight excluding hydrogens is 212 g/mol. The SMILES string of the molecule is O=C(O)B1OB(C(=O)O)OB(C(=O)O)O1. The Kier molecular flexibility index (Phi) is 3.34. The van der Waals surface area contributed by atoms with Crippen molar-refractivity contribution in [3.8, 4) is 0 Å². The minimum absolute atomic E-state index is 1.64. The predicted molar refractivity (Wildman–Crippen MR) is 44.6 cm³/mol. The number of carboxylic acid groups (broad SMARTS) is 3. The van der Waals surface area contributed by atoms with Gasteiger partial charge < -0.3 is 29.0 Å². The molecule has 0 radical (unpaired) electrons. The van der Waals surface area contributed by atoms with Crippen molar-refractivity contribution in [2.75, 3.05) is 0 Å². The second kappa shape index (κ2) is 4.34. The molecule has 0 unspecified atom stereocenters. The normalized spacial score (nSPS) is 16.4. The van der Waals surface area contributed by atoms with E-state index in [0.717, 1.165) is 0 Å². The average molecular weight is 215 g/mol. The van der Waals surface area contributed by atoms with E-state index in [4.69, 9.17) is 15.3 Å². The molecule has 0 amide bonds. The largest absolute Gasteiger partial charge is 0.558 e. The van der Waals surface area contributed by atoms with Gasteiger partial charge >= 0.3 is 39.0 Å². The molecule has 12 heteroatoms. The van der Waals surface area contributed by atoms with Gasteiger partial charge in [0.15, 0.2) is 0 Å². The van der Waals surface area contributed by atoms with Crippen LogP contribution in [0, 0.1) is 0 Å². The van der Waals surface area contributed by atoms with Crippen LogP contribution in [-0.4, -0.2) is 54.3 Å². The summed E-state index contributed by atoms with van der Waals surface area (Å²) in [7, 11) is -5.96. The van der Waals surface area contributed by atoms with Gasteiger partial charge in [0.25, 0.3) is 0 Å². The second-order valence-corrected chi connectivity index (χ2v) is 2.42. The van der Waals surface area contributed by atoms with Gasteiger partial charge in [0.1, 0.15) is 0 Å². The van der Waals surface area contributed by atoms with Gasteiger partial charge in [-0.05, 0) is 0 Å². The number of rotatable bonds is 3. The lowest BCUT2D eigenvalue weighted by atomic mass is 9.70. The Labute approximate surface area is 83.3 Å². The van der Waals surface area contributed by atoms with E-state index in [1.165, 1.54) is 0 Å². The zero-order valence-electron chi connectivity index (χ0n) is 7.02. The van der Waals surface area contributed by atoms with Crippen molar-refractivity contribution in [3.05, 3.63) is 0 Å². The maximum atomic E-state index is 10.4. The van der Waals surface area contributed by atoms with Crippen molar-refractivity contribution in [2.24, 2.45) is 0 Å². The molecule has 0 atom stereocenters. The molecule has 9 nitrogen and oxygen atoms in total. The Hall–Kier alpha value is -1.52. The number of hydrogen-bond acceptors (Lipinski definition) is 6. The Bertz CT molecular complexity index is 249. The van der Waals surface area contributed by atoms with Gasteiger partial charge in [-0.25, -0.2) is 0 Å². The molecule has 1 heterocycles. The first-order valence-corrected chi connectivity index (χ1v) is 3.56. The van der Waals surface area contributed by atoms with Gasteiger partial charge in [-0.3, -0.25) is 14.4 Å². The molecule has 0 saturated carbocycles. The summed E-state index contributed by atoms with van der Waals surface area (Å²) in [4.78, 5) is 31.2. The molecule has 0 aromatic carbocycles. The first kappa shape index (κ1) is 11.6. The minimum atomic E-state index is -1.99. The van der Waals surface area contributed by atoms with Gasteiger partial charge in [0, 0.05) is 0 Å². The van der Waals surface area contributed by atoms with Gasteiger partial charge in [0.05, 0.1) is 0 Å². The second-order valence-electron chi connectivity index (χ2n) is 2.42. The number of carbonyl (C=O) groups is 3. The first-order chi connectivity index (χ1) is 6.91. The lowest BCUT2D eigenvalue weighted by Crippen LogP contribution is -2.57. The highest BCUT2D eigenvalue weighted by atomic mass is 16.7. The van der Waals surface area contributed by atoms with E-state index >= 15 is 0 Å². The molecule has 0 aromatic rings. The van der Waals surface area contributed by atoms with Crippen LogP contribution in [0.2, 0.25) is 0 Å². The molecule has 0 spiro atoms. The van der Waals surface area contributed by atoms with Crippen LogP contribution in [0.15, 0.2) is 0 Å². The quantitative estimate of drug-likeness (QED) is 0.521. The third-order valence-corrected chi connectivity index (χ3v) is 1.35. The van der Waals surface area contributed by atoms with Crippen molar-refractivity contribution in [2.45, 2.75) is 0 Å². The van der Waals surface area contributed by atoms with Crippen LogP contribution in [0.1, 0.15) is 0 Å². The lowest BCUT2D eigenvalue weighted by Gasteiger charge is -2.24. The topological polar surface area (TPSA) is 140 Å². The van der Waals surface area contributed by atoms with Crippen LogP contribution in [0.25, 0.3) is 0 Å². The summed E-state index contributed by atoms with van der Waals surface area (Å²) in [5, 5.41) is 25.3. The summed E-state index contributed by atoms with van der Waals surface area (Å²) in [6.07, 6.45) is 0. The van der Waals surface area contributed by atoms with E-state index in [2.05, 4.69) is 13.7 Å². The lowest BCUT2D eigenvalue weighted by molar-refractivity contribution is 0.182. The van der Waals surface area contributed by atoms with Crippen LogP contribution < -0.4 is 0 Å². The van der Waals surface area contributed by atoms with Crippen LogP contribution in [0.4, 0.5) is 14.4 Å². The third-order valence-electron chi connectivity index (χ3n) is 1.35. The molecule has 78 valence electrons. The maximum Gasteiger partial charge on any atom is 0.558 e. The number of hydrogen-bond donors (Lipinski definition) is 3. The molecule has 0 aromatic heterocycles. The van der Waals surface area contributed by atoms with E-state index in [1.807, 2.05) is 0 Å². The van der Waals surface area contributed by atoms with Crippen LogP contribution in [0.5, 0.6) is 0 Å². The Morgan fingerprint density at radius 3 is 1.00 bits per heavy atom. The molecule has 0 bridgehead atoms. The summed E-state index contributed by atoms with van der Waals surface area (Å²) in [5.74, 6) is -4.93. The summed E-state index contributed by atoms with van der Waals surface area (Å²) >= 11 is 0. The monoisotopic (exact) mass is 216 g/mol. The minimum Gasteiger partial charge on any atom is -0.484 e. The van der Waals surface area contributed by atoms with E-state index < -0.39 is 39.0 Å². The van der Waals surface area contributed by atoms with Crippen LogP contribution >= 0.6 is 0 Å². The molecule has 15 heavy (non-hydrogen) atoms. The zero-order chi connectivity index (χ0) is 11.6. The van der Waals surface area contributed by atoms with Gasteiger partial charge in [0.2, 0.25) is 0 Å². The molecular formula is C3H3B3O9. The summed E-state index contributed by atoms with van der Waals surface area (Å²) in [6, 6.07) is 0. The summed E-state index contributed by atoms with van der Waals surface area (Å²) in [5.41, 5.74) is 0. The molecule has 0 aliphatic carbocycles. The molecule has 1 fully saturated rings.